The maximum Gasteiger partial charge on any atom is 0.240 e. The highest BCUT2D eigenvalue weighted by Gasteiger charge is 2.17. The van der Waals surface area contributed by atoms with Gasteiger partial charge in [0.05, 0.1) is 11.3 Å². The average molecular weight is 466 g/mol. The van der Waals surface area contributed by atoms with E-state index in [1.807, 2.05) is 16.7 Å². The van der Waals surface area contributed by atoms with E-state index in [2.05, 4.69) is 10.0 Å². The van der Waals surface area contributed by atoms with Crippen LogP contribution in [0.15, 0.2) is 53.4 Å². The van der Waals surface area contributed by atoms with E-state index in [1.165, 1.54) is 0 Å². The molecule has 7 nitrogen and oxygen atoms in total. The van der Waals surface area contributed by atoms with Crippen molar-refractivity contribution in [3.8, 4) is 0 Å². The first kappa shape index (κ1) is 23.2. The maximum atomic E-state index is 12.9. The van der Waals surface area contributed by atoms with Gasteiger partial charge in [-0.05, 0) is 42.0 Å². The smallest absolute Gasteiger partial charge is 0.240 e. The molecule has 166 valence electrons. The summed E-state index contributed by atoms with van der Waals surface area (Å²) in [5.41, 5.74) is 1.44. The molecule has 0 aliphatic carbocycles. The van der Waals surface area contributed by atoms with E-state index in [1.54, 1.807) is 24.3 Å². The summed E-state index contributed by atoms with van der Waals surface area (Å²) in [7, 11) is -3.81. The molecule has 0 aromatic heterocycles. The molecule has 1 aliphatic rings. The molecular weight excluding hydrogens is 441 g/mol. The van der Waals surface area contributed by atoms with Gasteiger partial charge in [0.25, 0.3) is 0 Å². The number of sulfonamides is 1. The lowest BCUT2D eigenvalue weighted by molar-refractivity contribution is -0.130. The average Bonchev–Trinajstić information content (AvgIpc) is 2.76. The zero-order chi connectivity index (χ0) is 22.3. The van der Waals surface area contributed by atoms with E-state index < -0.39 is 15.8 Å². The van der Waals surface area contributed by atoms with E-state index in [-0.39, 0.29) is 29.7 Å². The number of hydrogen-bond acceptors (Lipinski definition) is 5. The highest BCUT2D eigenvalue weighted by Crippen LogP contribution is 2.14. The van der Waals surface area contributed by atoms with Crippen molar-refractivity contribution >= 4 is 39.3 Å². The molecule has 2 aromatic carbocycles. The van der Waals surface area contributed by atoms with Gasteiger partial charge >= 0.3 is 0 Å². The van der Waals surface area contributed by atoms with Crippen LogP contribution in [0.2, 0.25) is 0 Å². The summed E-state index contributed by atoms with van der Waals surface area (Å²) >= 11 is 1.85. The monoisotopic (exact) mass is 465 g/mol. The van der Waals surface area contributed by atoms with Crippen molar-refractivity contribution < 1.29 is 22.4 Å². The molecule has 1 heterocycles. The van der Waals surface area contributed by atoms with Crippen molar-refractivity contribution in [3.05, 3.63) is 59.9 Å². The first-order valence-corrected chi connectivity index (χ1v) is 12.5. The fraction of sp³-hybridized carbons (Fsp3) is 0.333. The molecule has 0 saturated carbocycles. The van der Waals surface area contributed by atoms with Gasteiger partial charge in [0.15, 0.2) is 0 Å². The van der Waals surface area contributed by atoms with Crippen molar-refractivity contribution in [2.24, 2.45) is 0 Å². The lowest BCUT2D eigenvalue weighted by Gasteiger charge is -2.26. The fourth-order valence-electron chi connectivity index (χ4n) is 3.02. The summed E-state index contributed by atoms with van der Waals surface area (Å²) in [6.45, 7) is 1.47. The third-order valence-corrected chi connectivity index (χ3v) is 7.14. The Labute approximate surface area is 185 Å². The van der Waals surface area contributed by atoms with Gasteiger partial charge in [0.2, 0.25) is 21.8 Å². The molecule has 1 fully saturated rings. The summed E-state index contributed by atoms with van der Waals surface area (Å²) in [5, 5.41) is 2.70. The topological polar surface area (TPSA) is 95.6 Å². The molecule has 0 radical (unpaired) electrons. The Balaban J connectivity index is 1.44. The highest BCUT2D eigenvalue weighted by molar-refractivity contribution is 7.99. The Bertz CT molecular complexity index is 1010. The van der Waals surface area contributed by atoms with Gasteiger partial charge in [-0.25, -0.2) is 17.5 Å². The molecule has 0 unspecified atom stereocenters. The van der Waals surface area contributed by atoms with Gasteiger partial charge in [-0.15, -0.1) is 0 Å². The molecule has 2 aromatic rings. The molecule has 1 aliphatic heterocycles. The Morgan fingerprint density at radius 1 is 1.00 bits per heavy atom. The predicted octanol–water partition coefficient (Wildman–Crippen LogP) is 2.25. The molecule has 10 heteroatoms. The molecule has 0 bridgehead atoms. The van der Waals surface area contributed by atoms with Crippen molar-refractivity contribution in [3.63, 3.8) is 0 Å². The third-order valence-electron chi connectivity index (χ3n) is 4.72. The quantitative estimate of drug-likeness (QED) is 0.624. The van der Waals surface area contributed by atoms with Crippen molar-refractivity contribution in [2.75, 3.05) is 36.5 Å². The van der Waals surface area contributed by atoms with E-state index in [4.69, 9.17) is 0 Å². The fourth-order valence-corrected chi connectivity index (χ4v) is 4.96. The van der Waals surface area contributed by atoms with E-state index in [0.29, 0.717) is 12.1 Å². The second-order valence-corrected chi connectivity index (χ2v) is 10.0. The minimum Gasteiger partial charge on any atom is -0.341 e. The molecule has 31 heavy (non-hydrogen) atoms. The number of carbonyl (C=O) groups excluding carboxylic acids is 2. The lowest BCUT2D eigenvalue weighted by atomic mass is 10.1. The summed E-state index contributed by atoms with van der Waals surface area (Å²) in [5.74, 6) is 1.16. The first-order chi connectivity index (χ1) is 14.8. The number of thioether (sulfide) groups is 1. The number of benzene rings is 2. The van der Waals surface area contributed by atoms with E-state index >= 15 is 0 Å². The van der Waals surface area contributed by atoms with E-state index in [9.17, 15) is 22.4 Å². The van der Waals surface area contributed by atoms with Crippen molar-refractivity contribution in [1.29, 1.82) is 0 Å². The molecule has 0 spiro atoms. The van der Waals surface area contributed by atoms with Crippen LogP contribution >= 0.6 is 11.8 Å². The third kappa shape index (κ3) is 7.05. The Morgan fingerprint density at radius 2 is 1.65 bits per heavy atom. The standard InChI is InChI=1S/C21H24FN3O4S2/c22-17-3-7-19(8-4-17)31(28,29)23-10-9-20(26)24-18-5-1-16(2-6-18)15-21(27)25-11-13-30-14-12-25/h1-8,23H,9-15H2,(H,24,26). The largest absolute Gasteiger partial charge is 0.341 e. The van der Waals surface area contributed by atoms with Crippen molar-refractivity contribution in [1.82, 2.24) is 9.62 Å². The minimum absolute atomic E-state index is 0.0619. The lowest BCUT2D eigenvalue weighted by Crippen LogP contribution is -2.38. The number of carbonyl (C=O) groups is 2. The Hall–Kier alpha value is -2.43. The second kappa shape index (κ2) is 10.7. The van der Waals surface area contributed by atoms with Crippen molar-refractivity contribution in [2.45, 2.75) is 17.7 Å². The van der Waals surface area contributed by atoms with Crippen LogP contribution in [-0.2, 0) is 26.0 Å². The SMILES string of the molecule is O=C(CCNS(=O)(=O)c1ccc(F)cc1)Nc1ccc(CC(=O)N2CCSCC2)cc1. The zero-order valence-corrected chi connectivity index (χ0v) is 18.5. The minimum atomic E-state index is -3.81. The van der Waals surface area contributed by atoms with Crippen LogP contribution in [0.25, 0.3) is 0 Å². The Morgan fingerprint density at radius 3 is 2.29 bits per heavy atom. The molecule has 0 atom stereocenters. The van der Waals surface area contributed by atoms with Crippen LogP contribution in [0, 0.1) is 5.82 Å². The normalized spacial score (nSPS) is 14.3. The first-order valence-electron chi connectivity index (χ1n) is 9.83. The molecule has 1 saturated heterocycles. The molecular formula is C21H24FN3O4S2. The number of hydrogen-bond donors (Lipinski definition) is 2. The number of nitrogens with one attached hydrogen (secondary N) is 2. The highest BCUT2D eigenvalue weighted by atomic mass is 32.2. The maximum absolute atomic E-state index is 12.9. The second-order valence-electron chi connectivity index (χ2n) is 7.02. The van der Waals surface area contributed by atoms with Crippen LogP contribution in [-0.4, -0.2) is 56.3 Å². The van der Waals surface area contributed by atoms with Crippen LogP contribution in [0.4, 0.5) is 10.1 Å². The Kier molecular flexibility index (Phi) is 8.05. The van der Waals surface area contributed by atoms with Gasteiger partial charge in [-0.2, -0.15) is 11.8 Å². The summed E-state index contributed by atoms with van der Waals surface area (Å²) in [6, 6.07) is 11.5. The zero-order valence-electron chi connectivity index (χ0n) is 16.8. The van der Waals surface area contributed by atoms with Gasteiger partial charge in [-0.3, -0.25) is 9.59 Å². The summed E-state index contributed by atoms with van der Waals surface area (Å²) < 4.78 is 39.5. The molecule has 3 rings (SSSR count). The van der Waals surface area contributed by atoms with Gasteiger partial charge in [0, 0.05) is 43.2 Å². The number of amides is 2. The number of anilines is 1. The van der Waals surface area contributed by atoms with Crippen LogP contribution < -0.4 is 10.0 Å². The van der Waals surface area contributed by atoms with Gasteiger partial charge in [-0.1, -0.05) is 12.1 Å². The summed E-state index contributed by atoms with van der Waals surface area (Å²) in [4.78, 5) is 26.2. The molecule has 2 N–H and O–H groups in total. The summed E-state index contributed by atoms with van der Waals surface area (Å²) in [6.07, 6.45) is 0.262. The van der Waals surface area contributed by atoms with Gasteiger partial charge in [0.1, 0.15) is 5.82 Å². The number of nitrogens with zero attached hydrogens (tertiary/aromatic N) is 1. The predicted molar refractivity (Wildman–Crippen MR) is 119 cm³/mol. The number of rotatable bonds is 8. The van der Waals surface area contributed by atoms with Crippen LogP contribution in [0.1, 0.15) is 12.0 Å². The number of halogens is 1. The van der Waals surface area contributed by atoms with E-state index in [0.717, 1.165) is 54.4 Å². The van der Waals surface area contributed by atoms with Gasteiger partial charge < -0.3 is 10.2 Å². The molecule has 2 amide bonds. The van der Waals surface area contributed by atoms with Crippen LogP contribution in [0.5, 0.6) is 0 Å². The van der Waals surface area contributed by atoms with Crippen LogP contribution in [0.3, 0.4) is 0 Å².